The number of para-hydroxylation sites is 1. The number of hydrogen-bond acceptors (Lipinski definition) is 4. The van der Waals surface area contributed by atoms with Crippen LogP contribution in [0.5, 0.6) is 0 Å². The van der Waals surface area contributed by atoms with Crippen molar-refractivity contribution in [3.8, 4) is 0 Å². The number of benzene rings is 2. The largest absolute Gasteiger partial charge is 0.350 e. The lowest BCUT2D eigenvalue weighted by atomic mass is 10.1. The molecule has 0 aliphatic heterocycles. The predicted octanol–water partition coefficient (Wildman–Crippen LogP) is 4.30. The summed E-state index contributed by atoms with van der Waals surface area (Å²) in [6, 6.07) is 18.7. The van der Waals surface area contributed by atoms with Gasteiger partial charge in [-0.1, -0.05) is 48.5 Å². The summed E-state index contributed by atoms with van der Waals surface area (Å²) in [6.07, 6.45) is 1.59. The number of hydrogen-bond donors (Lipinski definition) is 1. The van der Waals surface area contributed by atoms with Crippen LogP contribution in [-0.2, 0) is 33.5 Å². The lowest BCUT2D eigenvalue weighted by Gasteiger charge is -2.07. The van der Waals surface area contributed by atoms with E-state index in [4.69, 9.17) is 0 Å². The highest BCUT2D eigenvalue weighted by molar-refractivity contribution is 7.90. The monoisotopic (exact) mass is 438 g/mol. The Morgan fingerprint density at radius 2 is 1.80 bits per heavy atom. The average Bonchev–Trinajstić information content (AvgIpc) is 3.37. The molecule has 154 valence electrons. The van der Waals surface area contributed by atoms with E-state index < -0.39 is 9.84 Å². The minimum Gasteiger partial charge on any atom is -0.350 e. The molecule has 7 heteroatoms. The van der Waals surface area contributed by atoms with E-state index in [1.807, 2.05) is 66.9 Å². The van der Waals surface area contributed by atoms with Crippen LogP contribution >= 0.6 is 11.3 Å². The van der Waals surface area contributed by atoms with Crippen LogP contribution in [0.25, 0.3) is 10.9 Å². The van der Waals surface area contributed by atoms with Gasteiger partial charge >= 0.3 is 0 Å². The van der Waals surface area contributed by atoms with Crippen LogP contribution in [-0.4, -0.2) is 18.9 Å². The Kier molecular flexibility index (Phi) is 5.74. The van der Waals surface area contributed by atoms with E-state index in [9.17, 15) is 13.2 Å². The summed E-state index contributed by atoms with van der Waals surface area (Å²) in [5, 5.41) is 5.50. The fourth-order valence-corrected chi connectivity index (χ4v) is 5.78. The number of carbonyl (C=O) groups is 1. The maximum Gasteiger partial charge on any atom is 0.240 e. The number of thiophene rings is 1. The number of nitrogens with one attached hydrogen (secondary N) is 1. The lowest BCUT2D eigenvalue weighted by Crippen LogP contribution is -2.26. The molecule has 5 nitrogen and oxygen atoms in total. The van der Waals surface area contributed by atoms with Crippen LogP contribution in [0.15, 0.2) is 77.1 Å². The van der Waals surface area contributed by atoms with E-state index in [0.29, 0.717) is 11.9 Å². The quantitative estimate of drug-likeness (QED) is 0.468. The molecule has 0 radical (unpaired) electrons. The van der Waals surface area contributed by atoms with Crippen molar-refractivity contribution >= 4 is 38.0 Å². The molecule has 0 aliphatic rings. The summed E-state index contributed by atoms with van der Waals surface area (Å²) in [7, 11) is -3.58. The third-order valence-corrected chi connectivity index (χ3v) is 7.61. The van der Waals surface area contributed by atoms with Crippen LogP contribution < -0.4 is 5.32 Å². The molecule has 0 spiro atoms. The highest BCUT2D eigenvalue weighted by atomic mass is 32.2. The summed E-state index contributed by atoms with van der Waals surface area (Å²) >= 11 is 1.58. The van der Waals surface area contributed by atoms with Crippen LogP contribution in [0, 0.1) is 6.92 Å². The highest BCUT2D eigenvalue weighted by Gasteiger charge is 2.23. The molecule has 4 rings (SSSR count). The number of rotatable bonds is 7. The molecule has 2 heterocycles. The Morgan fingerprint density at radius 3 is 2.57 bits per heavy atom. The Bertz CT molecular complexity index is 1290. The Hall–Kier alpha value is -2.90. The van der Waals surface area contributed by atoms with Gasteiger partial charge in [-0.3, -0.25) is 4.79 Å². The van der Waals surface area contributed by atoms with Gasteiger partial charge in [0.15, 0.2) is 9.84 Å². The number of nitrogens with zero attached hydrogens (tertiary/aromatic N) is 1. The molecule has 30 heavy (non-hydrogen) atoms. The number of aryl methyl sites for hydroxylation is 1. The Morgan fingerprint density at radius 1 is 1.03 bits per heavy atom. The normalized spacial score (nSPS) is 11.6. The molecule has 0 bridgehead atoms. The minimum atomic E-state index is -3.58. The molecule has 0 saturated carbocycles. The zero-order valence-corrected chi connectivity index (χ0v) is 18.2. The van der Waals surface area contributed by atoms with E-state index in [1.165, 1.54) is 0 Å². The van der Waals surface area contributed by atoms with Crippen molar-refractivity contribution in [1.29, 1.82) is 0 Å². The van der Waals surface area contributed by atoms with Gasteiger partial charge < -0.3 is 9.88 Å². The van der Waals surface area contributed by atoms with Crippen LogP contribution in [0.1, 0.15) is 16.0 Å². The average molecular weight is 439 g/mol. The maximum atomic E-state index is 13.2. The van der Waals surface area contributed by atoms with Crippen molar-refractivity contribution in [3.05, 3.63) is 88.2 Å². The van der Waals surface area contributed by atoms with Gasteiger partial charge in [-0.2, -0.15) is 0 Å². The molecule has 0 saturated heterocycles. The summed E-state index contributed by atoms with van der Waals surface area (Å²) in [4.78, 5) is 13.8. The van der Waals surface area contributed by atoms with Gasteiger partial charge in [0.25, 0.3) is 0 Å². The second-order valence-electron chi connectivity index (χ2n) is 7.18. The fourth-order valence-electron chi connectivity index (χ4n) is 3.46. The van der Waals surface area contributed by atoms with Crippen molar-refractivity contribution in [3.63, 3.8) is 0 Å². The lowest BCUT2D eigenvalue weighted by molar-refractivity contribution is -0.121. The smallest absolute Gasteiger partial charge is 0.240 e. The molecule has 0 unspecified atom stereocenters. The molecule has 4 aromatic rings. The maximum absolute atomic E-state index is 13.2. The van der Waals surface area contributed by atoms with E-state index in [0.717, 1.165) is 21.5 Å². The summed E-state index contributed by atoms with van der Waals surface area (Å²) in [5.74, 6) is -0.231. The second-order valence-corrected chi connectivity index (χ2v) is 10.2. The minimum absolute atomic E-state index is 0.0613. The van der Waals surface area contributed by atoms with Gasteiger partial charge in [0.2, 0.25) is 5.91 Å². The molecule has 0 fully saturated rings. The molecular weight excluding hydrogens is 416 g/mol. The van der Waals surface area contributed by atoms with Gasteiger partial charge in [-0.05, 0) is 35.6 Å². The molecule has 2 aromatic carbocycles. The number of amides is 1. The van der Waals surface area contributed by atoms with Crippen molar-refractivity contribution in [2.45, 2.75) is 30.7 Å². The zero-order valence-electron chi connectivity index (χ0n) is 16.5. The van der Waals surface area contributed by atoms with Gasteiger partial charge in [-0.25, -0.2) is 8.42 Å². The van der Waals surface area contributed by atoms with Crippen LogP contribution in [0.3, 0.4) is 0 Å². The van der Waals surface area contributed by atoms with Crippen molar-refractivity contribution < 1.29 is 13.2 Å². The topological polar surface area (TPSA) is 68.2 Å². The van der Waals surface area contributed by atoms with Crippen molar-refractivity contribution in [2.24, 2.45) is 0 Å². The van der Waals surface area contributed by atoms with Crippen LogP contribution in [0.2, 0.25) is 0 Å². The Labute approximate surface area is 179 Å². The Balaban J connectivity index is 1.62. The number of sulfone groups is 1. The van der Waals surface area contributed by atoms with Gasteiger partial charge in [0, 0.05) is 22.0 Å². The van der Waals surface area contributed by atoms with E-state index in [-0.39, 0.29) is 23.1 Å². The van der Waals surface area contributed by atoms with Gasteiger partial charge in [0.1, 0.15) is 6.54 Å². The molecule has 0 atom stereocenters. The van der Waals surface area contributed by atoms with E-state index in [1.54, 1.807) is 28.2 Å². The first-order chi connectivity index (χ1) is 14.4. The van der Waals surface area contributed by atoms with Gasteiger partial charge in [0.05, 0.1) is 17.2 Å². The first-order valence-corrected chi connectivity index (χ1v) is 12.1. The number of aromatic nitrogens is 1. The van der Waals surface area contributed by atoms with Gasteiger partial charge in [-0.15, -0.1) is 11.3 Å². The summed E-state index contributed by atoms with van der Waals surface area (Å²) in [5.41, 5.74) is 2.45. The standard InChI is InChI=1S/C23H22N2O3S2/c1-17-7-2-3-8-18(17)16-30(27,28)22-14-25(21-11-5-4-10-20(21)22)15-23(26)24-13-19-9-6-12-29-19/h2-12,14H,13,15-16H2,1H3,(H,24,26). The molecule has 1 amide bonds. The highest BCUT2D eigenvalue weighted by Crippen LogP contribution is 2.28. The predicted molar refractivity (Wildman–Crippen MR) is 120 cm³/mol. The third kappa shape index (κ3) is 4.32. The van der Waals surface area contributed by atoms with E-state index >= 15 is 0 Å². The third-order valence-electron chi connectivity index (χ3n) is 5.05. The first kappa shape index (κ1) is 20.4. The number of fused-ring (bicyclic) bond motifs is 1. The zero-order chi connectivity index (χ0) is 21.1. The van der Waals surface area contributed by atoms with E-state index in [2.05, 4.69) is 5.32 Å². The SMILES string of the molecule is Cc1ccccc1CS(=O)(=O)c1cn(CC(=O)NCc2cccs2)c2ccccc12. The second kappa shape index (κ2) is 8.45. The van der Waals surface area contributed by atoms with Crippen molar-refractivity contribution in [1.82, 2.24) is 9.88 Å². The first-order valence-electron chi connectivity index (χ1n) is 9.58. The molecule has 0 aliphatic carbocycles. The van der Waals surface area contributed by atoms with Crippen molar-refractivity contribution in [2.75, 3.05) is 0 Å². The number of carbonyl (C=O) groups excluding carboxylic acids is 1. The summed E-state index contributed by atoms with van der Waals surface area (Å²) in [6.45, 7) is 2.44. The summed E-state index contributed by atoms with van der Waals surface area (Å²) < 4.78 is 28.2. The molecular formula is C23H22N2O3S2. The van der Waals surface area contributed by atoms with Crippen LogP contribution in [0.4, 0.5) is 0 Å². The molecule has 2 aromatic heterocycles. The molecule has 1 N–H and O–H groups in total. The fraction of sp³-hybridized carbons (Fsp3) is 0.174.